The zero-order valence-electron chi connectivity index (χ0n) is 17.1. The number of benzene rings is 1. The zero-order chi connectivity index (χ0) is 22.3. The van der Waals surface area contributed by atoms with Crippen LogP contribution >= 0.6 is 0 Å². The lowest BCUT2D eigenvalue weighted by atomic mass is 10.1. The Morgan fingerprint density at radius 3 is 2.87 bits per heavy atom. The summed E-state index contributed by atoms with van der Waals surface area (Å²) in [7, 11) is 1.61. The average molecular weight is 429 g/mol. The van der Waals surface area contributed by atoms with E-state index in [0.29, 0.717) is 17.0 Å². The predicted octanol–water partition coefficient (Wildman–Crippen LogP) is 0.474. The molecule has 2 aromatic heterocycles. The van der Waals surface area contributed by atoms with E-state index in [9.17, 15) is 19.1 Å². The molecule has 3 heterocycles. The van der Waals surface area contributed by atoms with Crippen LogP contribution < -0.4 is 10.9 Å². The van der Waals surface area contributed by atoms with Crippen LogP contribution in [0.2, 0.25) is 0 Å². The van der Waals surface area contributed by atoms with Gasteiger partial charge in [0.2, 0.25) is 5.75 Å². The summed E-state index contributed by atoms with van der Waals surface area (Å²) < 4.78 is 22.1. The van der Waals surface area contributed by atoms with Crippen molar-refractivity contribution in [1.82, 2.24) is 35.1 Å². The monoisotopic (exact) mass is 429 g/mol. The Morgan fingerprint density at radius 2 is 2.16 bits per heavy atom. The normalized spacial score (nSPS) is 14.8. The smallest absolute Gasteiger partial charge is 0.296 e. The van der Waals surface area contributed by atoms with Crippen LogP contribution in [-0.4, -0.2) is 47.4 Å². The zero-order valence-corrected chi connectivity index (χ0v) is 17.1. The molecule has 0 saturated carbocycles. The molecule has 12 heteroatoms. The van der Waals surface area contributed by atoms with Gasteiger partial charge in [0.15, 0.2) is 11.5 Å². The quantitative estimate of drug-likeness (QED) is 0.611. The minimum absolute atomic E-state index is 0.0409. The number of rotatable bonds is 4. The summed E-state index contributed by atoms with van der Waals surface area (Å²) in [5, 5.41) is 24.1. The predicted molar refractivity (Wildman–Crippen MR) is 105 cm³/mol. The molecule has 0 bridgehead atoms. The molecule has 1 amide bonds. The number of nitrogens with zero attached hydrogens (tertiary/aromatic N) is 6. The molecule has 0 atom stereocenters. The van der Waals surface area contributed by atoms with Gasteiger partial charge in [0.05, 0.1) is 13.2 Å². The van der Waals surface area contributed by atoms with Crippen LogP contribution in [0.15, 0.2) is 23.0 Å². The number of aryl methyl sites for hydroxylation is 1. The number of fused-ring (bicyclic) bond motifs is 1. The molecular weight excluding hydrogens is 409 g/mol. The van der Waals surface area contributed by atoms with Gasteiger partial charge >= 0.3 is 0 Å². The second kappa shape index (κ2) is 7.54. The van der Waals surface area contributed by atoms with E-state index >= 15 is 0 Å². The number of aromatic hydroxyl groups is 1. The van der Waals surface area contributed by atoms with Crippen LogP contribution in [-0.2, 0) is 30.5 Å². The summed E-state index contributed by atoms with van der Waals surface area (Å²) in [6.07, 6.45) is 0. The Kier molecular flexibility index (Phi) is 5.01. The maximum atomic E-state index is 13.8. The Bertz CT molecular complexity index is 1230. The molecule has 0 fully saturated rings. The van der Waals surface area contributed by atoms with E-state index in [2.05, 4.69) is 25.8 Å². The number of hydrogen-bond donors (Lipinski definition) is 2. The van der Waals surface area contributed by atoms with Crippen LogP contribution in [0.4, 0.5) is 4.39 Å². The Morgan fingerprint density at radius 1 is 1.39 bits per heavy atom. The second-order valence-electron chi connectivity index (χ2n) is 7.56. The van der Waals surface area contributed by atoms with Gasteiger partial charge in [-0.25, -0.2) is 14.1 Å². The van der Waals surface area contributed by atoms with Crippen molar-refractivity contribution < 1.29 is 19.0 Å². The van der Waals surface area contributed by atoms with Crippen LogP contribution in [0.5, 0.6) is 5.75 Å². The van der Waals surface area contributed by atoms with Crippen LogP contribution in [0.25, 0.3) is 11.4 Å². The first-order valence-electron chi connectivity index (χ1n) is 9.46. The summed E-state index contributed by atoms with van der Waals surface area (Å²) >= 11 is 0. The molecule has 1 aromatic carbocycles. The average Bonchev–Trinajstić information content (AvgIpc) is 3.15. The van der Waals surface area contributed by atoms with E-state index in [1.54, 1.807) is 20.9 Å². The van der Waals surface area contributed by atoms with Gasteiger partial charge in [-0.1, -0.05) is 6.07 Å². The number of amides is 1. The summed E-state index contributed by atoms with van der Waals surface area (Å²) in [5.74, 6) is -1.42. The fourth-order valence-corrected chi connectivity index (χ4v) is 3.45. The number of aromatic nitrogens is 6. The molecule has 162 valence electrons. The third-order valence-electron chi connectivity index (χ3n) is 5.05. The molecule has 4 rings (SSSR count). The van der Waals surface area contributed by atoms with Crippen LogP contribution in [0.3, 0.4) is 0 Å². The third-order valence-corrected chi connectivity index (χ3v) is 5.05. The Hall–Kier alpha value is -3.67. The summed E-state index contributed by atoms with van der Waals surface area (Å²) in [6.45, 7) is 3.92. The van der Waals surface area contributed by atoms with Crippen molar-refractivity contribution in [2.24, 2.45) is 7.05 Å². The first-order valence-corrected chi connectivity index (χ1v) is 9.46. The van der Waals surface area contributed by atoms with E-state index in [1.165, 1.54) is 27.4 Å². The van der Waals surface area contributed by atoms with Gasteiger partial charge in [-0.3, -0.25) is 14.2 Å². The van der Waals surface area contributed by atoms with Crippen LogP contribution in [0, 0.1) is 5.82 Å². The number of carbonyl (C=O) groups is 1. The fourth-order valence-electron chi connectivity index (χ4n) is 3.45. The lowest BCUT2D eigenvalue weighted by Crippen LogP contribution is -2.42. The van der Waals surface area contributed by atoms with Crippen molar-refractivity contribution in [3.8, 4) is 17.1 Å². The van der Waals surface area contributed by atoms with Crippen LogP contribution in [0.1, 0.15) is 35.7 Å². The number of tetrazole rings is 1. The fraction of sp³-hybridized carbons (Fsp3) is 0.368. The number of halogens is 1. The highest BCUT2D eigenvalue weighted by Gasteiger charge is 2.34. The molecule has 0 unspecified atom stereocenters. The maximum absolute atomic E-state index is 13.8. The number of nitrogens with one attached hydrogen (secondary N) is 1. The highest BCUT2D eigenvalue weighted by molar-refractivity contribution is 5.94. The van der Waals surface area contributed by atoms with Gasteiger partial charge in [-0.05, 0) is 42.0 Å². The number of ether oxygens (including phenoxy) is 1. The van der Waals surface area contributed by atoms with E-state index in [0.717, 1.165) is 0 Å². The van der Waals surface area contributed by atoms with Crippen molar-refractivity contribution in [1.29, 1.82) is 0 Å². The third kappa shape index (κ3) is 3.65. The molecule has 1 aliphatic rings. The number of carbonyl (C=O) groups excluding carboxylic acids is 1. The van der Waals surface area contributed by atoms with E-state index in [1.807, 2.05) is 0 Å². The molecule has 0 spiro atoms. The first kappa shape index (κ1) is 20.6. The van der Waals surface area contributed by atoms with Gasteiger partial charge in [0.25, 0.3) is 11.5 Å². The minimum atomic E-state index is -0.900. The van der Waals surface area contributed by atoms with Gasteiger partial charge in [-0.2, -0.15) is 0 Å². The van der Waals surface area contributed by atoms with Crippen molar-refractivity contribution in [3.05, 3.63) is 51.5 Å². The summed E-state index contributed by atoms with van der Waals surface area (Å²) in [4.78, 5) is 29.6. The topological polar surface area (TPSA) is 137 Å². The SMILES string of the molecule is Cn1nnnc1-c1cc(F)ccc1CNC(=O)c1nc2n(c(=O)c1O)CCOC2(C)C. The van der Waals surface area contributed by atoms with Crippen molar-refractivity contribution in [2.45, 2.75) is 32.5 Å². The Labute approximate surface area is 175 Å². The minimum Gasteiger partial charge on any atom is -0.501 e. The standard InChI is InChI=1S/C19H20FN7O4/c1-19(2)18-22-13(14(28)17(30)27(18)6-7-31-19)16(29)21-9-10-4-5-11(20)8-12(10)15-23-24-25-26(15)3/h4-5,8,28H,6-7,9H2,1-3H3,(H,21,29). The lowest BCUT2D eigenvalue weighted by Gasteiger charge is -2.32. The van der Waals surface area contributed by atoms with E-state index in [-0.39, 0.29) is 25.5 Å². The molecule has 3 aromatic rings. The summed E-state index contributed by atoms with van der Waals surface area (Å²) in [6, 6.07) is 4.00. The number of hydrogen-bond acceptors (Lipinski definition) is 8. The lowest BCUT2D eigenvalue weighted by molar-refractivity contribution is -0.0566. The molecular formula is C19H20FN7O4. The highest BCUT2D eigenvalue weighted by Crippen LogP contribution is 2.27. The molecule has 11 nitrogen and oxygen atoms in total. The largest absolute Gasteiger partial charge is 0.501 e. The van der Waals surface area contributed by atoms with E-state index in [4.69, 9.17) is 4.74 Å². The van der Waals surface area contributed by atoms with Crippen molar-refractivity contribution in [2.75, 3.05) is 6.61 Å². The van der Waals surface area contributed by atoms with Crippen molar-refractivity contribution in [3.63, 3.8) is 0 Å². The van der Waals surface area contributed by atoms with E-state index < -0.39 is 34.3 Å². The first-order chi connectivity index (χ1) is 14.7. The van der Waals surface area contributed by atoms with Crippen molar-refractivity contribution >= 4 is 5.91 Å². The maximum Gasteiger partial charge on any atom is 0.296 e. The van der Waals surface area contributed by atoms with Gasteiger partial charge in [0, 0.05) is 19.2 Å². The van der Waals surface area contributed by atoms with Gasteiger partial charge in [0.1, 0.15) is 17.2 Å². The second-order valence-corrected chi connectivity index (χ2v) is 7.56. The molecule has 0 radical (unpaired) electrons. The summed E-state index contributed by atoms with van der Waals surface area (Å²) in [5.41, 5.74) is -1.09. The van der Waals surface area contributed by atoms with Gasteiger partial charge in [-0.15, -0.1) is 5.10 Å². The molecule has 1 aliphatic heterocycles. The van der Waals surface area contributed by atoms with Gasteiger partial charge < -0.3 is 15.2 Å². The highest BCUT2D eigenvalue weighted by atomic mass is 19.1. The molecule has 0 aliphatic carbocycles. The molecule has 31 heavy (non-hydrogen) atoms. The Balaban J connectivity index is 1.65. The molecule has 0 saturated heterocycles. The molecule has 2 N–H and O–H groups in total.